The largest absolute Gasteiger partial charge is 0.355 e. The maximum Gasteiger partial charge on any atom is 0.224 e. The van der Waals surface area contributed by atoms with Gasteiger partial charge in [0.15, 0.2) is 0 Å². The predicted molar refractivity (Wildman–Crippen MR) is 85.1 cm³/mol. The lowest BCUT2D eigenvalue weighted by Gasteiger charge is -2.21. The molecule has 1 fully saturated rings. The maximum absolute atomic E-state index is 12.4. The monoisotopic (exact) mass is 335 g/mol. The van der Waals surface area contributed by atoms with E-state index in [2.05, 4.69) is 59.4 Å². The van der Waals surface area contributed by atoms with Gasteiger partial charge in [-0.2, -0.15) is 0 Å². The fraction of sp³-hybridized carbons (Fsp3) is 0.588. The summed E-state index contributed by atoms with van der Waals surface area (Å²) in [7, 11) is 0. The van der Waals surface area contributed by atoms with Gasteiger partial charge in [0.05, 0.1) is 0 Å². The Labute approximate surface area is 129 Å². The van der Waals surface area contributed by atoms with Crippen LogP contribution >= 0.6 is 15.9 Å². The summed E-state index contributed by atoms with van der Waals surface area (Å²) in [5, 5.41) is 4.06. The summed E-state index contributed by atoms with van der Waals surface area (Å²) in [6.07, 6.45) is 2.30. The van der Waals surface area contributed by atoms with Crippen LogP contribution in [0.5, 0.6) is 0 Å². The van der Waals surface area contributed by atoms with Crippen molar-refractivity contribution < 1.29 is 4.79 Å². The van der Waals surface area contributed by atoms with Crippen molar-refractivity contribution in [2.45, 2.75) is 32.6 Å². The number of aryl methyl sites for hydroxylation is 1. The van der Waals surface area contributed by atoms with Gasteiger partial charge in [0, 0.05) is 17.8 Å². The van der Waals surface area contributed by atoms with Crippen LogP contribution in [0.25, 0.3) is 0 Å². The van der Waals surface area contributed by atoms with Gasteiger partial charge in [-0.1, -0.05) is 54.0 Å². The highest BCUT2D eigenvalue weighted by Crippen LogP contribution is 2.59. The molecule has 1 aromatic carbocycles. The third-order valence-corrected chi connectivity index (χ3v) is 6.25. The third kappa shape index (κ3) is 2.52. The van der Waals surface area contributed by atoms with Crippen LogP contribution in [0.1, 0.15) is 37.3 Å². The van der Waals surface area contributed by atoms with Crippen LogP contribution in [-0.2, 0) is 11.2 Å². The van der Waals surface area contributed by atoms with E-state index >= 15 is 0 Å². The molecule has 3 rings (SSSR count). The van der Waals surface area contributed by atoms with Gasteiger partial charge < -0.3 is 5.32 Å². The molecule has 2 nitrogen and oxygen atoms in total. The fourth-order valence-corrected chi connectivity index (χ4v) is 3.61. The molecule has 3 atom stereocenters. The molecule has 0 heterocycles. The molecule has 2 aliphatic rings. The smallest absolute Gasteiger partial charge is 0.224 e. The van der Waals surface area contributed by atoms with Crippen LogP contribution < -0.4 is 5.32 Å². The minimum Gasteiger partial charge on any atom is -0.355 e. The standard InChI is InChI=1S/C17H22BrNO/c1-17(2,9-18)10-19-16(20)15-13-8-7-11-5-3-4-6-12(11)14(13)15/h3-6,13-15H,7-10H2,1-2H3,(H,19,20). The van der Waals surface area contributed by atoms with Gasteiger partial charge in [0.2, 0.25) is 5.91 Å². The lowest BCUT2D eigenvalue weighted by atomic mass is 9.92. The Hall–Kier alpha value is -0.830. The Bertz CT molecular complexity index is 525. The molecular weight excluding hydrogens is 314 g/mol. The SMILES string of the molecule is CC(C)(CBr)CNC(=O)C1C2CCc3ccccc3C21. The molecule has 108 valence electrons. The van der Waals surface area contributed by atoms with Crippen molar-refractivity contribution in [1.29, 1.82) is 0 Å². The Morgan fingerprint density at radius 3 is 2.90 bits per heavy atom. The second kappa shape index (κ2) is 5.18. The number of hydrogen-bond donors (Lipinski definition) is 1. The summed E-state index contributed by atoms with van der Waals surface area (Å²) >= 11 is 3.50. The van der Waals surface area contributed by atoms with E-state index in [1.165, 1.54) is 17.5 Å². The molecule has 1 N–H and O–H groups in total. The average molecular weight is 336 g/mol. The molecule has 0 saturated heterocycles. The Kier molecular flexibility index (Phi) is 3.65. The molecular formula is C17H22BrNO. The molecule has 0 radical (unpaired) electrons. The molecule has 3 unspecified atom stereocenters. The van der Waals surface area contributed by atoms with Crippen molar-refractivity contribution in [3.8, 4) is 0 Å². The van der Waals surface area contributed by atoms with E-state index in [-0.39, 0.29) is 17.2 Å². The van der Waals surface area contributed by atoms with E-state index in [9.17, 15) is 4.79 Å². The van der Waals surface area contributed by atoms with Gasteiger partial charge in [0.1, 0.15) is 0 Å². The van der Waals surface area contributed by atoms with Crippen LogP contribution in [0.15, 0.2) is 24.3 Å². The first-order chi connectivity index (χ1) is 9.53. The lowest BCUT2D eigenvalue weighted by molar-refractivity contribution is -0.123. The quantitative estimate of drug-likeness (QED) is 0.838. The number of fused-ring (bicyclic) bond motifs is 3. The van der Waals surface area contributed by atoms with E-state index in [0.717, 1.165) is 18.3 Å². The first kappa shape index (κ1) is 14.1. The van der Waals surface area contributed by atoms with E-state index in [1.807, 2.05) is 0 Å². The first-order valence-electron chi connectivity index (χ1n) is 7.45. The molecule has 1 saturated carbocycles. The highest BCUT2D eigenvalue weighted by Gasteiger charge is 2.56. The Balaban J connectivity index is 1.66. The van der Waals surface area contributed by atoms with Crippen molar-refractivity contribution in [3.05, 3.63) is 35.4 Å². The van der Waals surface area contributed by atoms with Gasteiger partial charge in [-0.3, -0.25) is 4.79 Å². The normalized spacial score (nSPS) is 27.4. The van der Waals surface area contributed by atoms with Crippen LogP contribution in [0.4, 0.5) is 0 Å². The number of carbonyl (C=O) groups is 1. The van der Waals surface area contributed by atoms with Crippen molar-refractivity contribution in [3.63, 3.8) is 0 Å². The molecule has 1 amide bonds. The molecule has 2 aliphatic carbocycles. The summed E-state index contributed by atoms with van der Waals surface area (Å²) in [5.74, 6) is 1.53. The second-order valence-electron chi connectivity index (χ2n) is 6.97. The van der Waals surface area contributed by atoms with Crippen LogP contribution in [0, 0.1) is 17.3 Å². The molecule has 0 aromatic heterocycles. The lowest BCUT2D eigenvalue weighted by Crippen LogP contribution is -2.36. The fourth-order valence-electron chi connectivity index (χ4n) is 3.42. The third-order valence-electron chi connectivity index (χ3n) is 4.74. The number of amides is 1. The number of nitrogens with one attached hydrogen (secondary N) is 1. The van der Waals surface area contributed by atoms with Crippen molar-refractivity contribution >= 4 is 21.8 Å². The molecule has 0 bridgehead atoms. The number of rotatable bonds is 4. The highest BCUT2D eigenvalue weighted by molar-refractivity contribution is 9.09. The topological polar surface area (TPSA) is 29.1 Å². The van der Waals surface area contributed by atoms with E-state index in [4.69, 9.17) is 0 Å². The Morgan fingerprint density at radius 1 is 1.40 bits per heavy atom. The first-order valence-corrected chi connectivity index (χ1v) is 8.57. The Morgan fingerprint density at radius 2 is 2.15 bits per heavy atom. The van der Waals surface area contributed by atoms with Gasteiger partial charge in [-0.25, -0.2) is 0 Å². The predicted octanol–water partition coefficient (Wildman–Crippen LogP) is 3.50. The zero-order chi connectivity index (χ0) is 14.3. The number of carbonyl (C=O) groups excluding carboxylic acids is 1. The minimum atomic E-state index is 0.119. The summed E-state index contributed by atoms with van der Waals surface area (Å²) in [6, 6.07) is 8.63. The zero-order valence-corrected chi connectivity index (χ0v) is 13.7. The second-order valence-corrected chi connectivity index (χ2v) is 7.53. The minimum absolute atomic E-state index is 0.119. The molecule has 20 heavy (non-hydrogen) atoms. The van der Waals surface area contributed by atoms with Crippen molar-refractivity contribution in [2.24, 2.45) is 17.3 Å². The molecule has 0 spiro atoms. The summed E-state index contributed by atoms with van der Waals surface area (Å²) in [4.78, 5) is 12.4. The van der Waals surface area contributed by atoms with Crippen molar-refractivity contribution in [2.75, 3.05) is 11.9 Å². The zero-order valence-electron chi connectivity index (χ0n) is 12.2. The van der Waals surface area contributed by atoms with Crippen LogP contribution in [0.2, 0.25) is 0 Å². The van der Waals surface area contributed by atoms with Gasteiger partial charge in [-0.05, 0) is 41.2 Å². The summed E-state index contributed by atoms with van der Waals surface area (Å²) < 4.78 is 0. The van der Waals surface area contributed by atoms with Crippen LogP contribution in [0.3, 0.4) is 0 Å². The van der Waals surface area contributed by atoms with E-state index < -0.39 is 0 Å². The van der Waals surface area contributed by atoms with Crippen molar-refractivity contribution in [1.82, 2.24) is 5.32 Å². The number of benzene rings is 1. The van der Waals surface area contributed by atoms with E-state index in [0.29, 0.717) is 11.8 Å². The van der Waals surface area contributed by atoms with Crippen LogP contribution in [-0.4, -0.2) is 17.8 Å². The summed E-state index contributed by atoms with van der Waals surface area (Å²) in [6.45, 7) is 5.07. The molecule has 0 aliphatic heterocycles. The van der Waals surface area contributed by atoms with Gasteiger partial charge >= 0.3 is 0 Å². The number of halogens is 1. The maximum atomic E-state index is 12.4. The number of alkyl halides is 1. The number of hydrogen-bond acceptors (Lipinski definition) is 1. The molecule has 1 aromatic rings. The average Bonchev–Trinajstić information content (AvgIpc) is 3.20. The van der Waals surface area contributed by atoms with Gasteiger partial charge in [-0.15, -0.1) is 0 Å². The van der Waals surface area contributed by atoms with E-state index in [1.54, 1.807) is 0 Å². The molecule has 3 heteroatoms. The highest BCUT2D eigenvalue weighted by atomic mass is 79.9. The van der Waals surface area contributed by atoms with Gasteiger partial charge in [0.25, 0.3) is 0 Å². The summed E-state index contributed by atoms with van der Waals surface area (Å²) in [5.41, 5.74) is 2.99.